The van der Waals surface area contributed by atoms with Gasteiger partial charge in [-0.3, -0.25) is 4.98 Å². The summed E-state index contributed by atoms with van der Waals surface area (Å²) in [5, 5.41) is 3.51. The third-order valence-corrected chi connectivity index (χ3v) is 3.96. The van der Waals surface area contributed by atoms with Crippen LogP contribution < -0.4 is 5.32 Å². The monoisotopic (exact) mass is 232 g/mol. The SMILES string of the molecule is CCCCC(NC)C1CCCc2cccnc21. The van der Waals surface area contributed by atoms with E-state index in [1.54, 1.807) is 0 Å². The lowest BCUT2D eigenvalue weighted by Crippen LogP contribution is -2.34. The van der Waals surface area contributed by atoms with Crippen molar-refractivity contribution in [3.63, 3.8) is 0 Å². The van der Waals surface area contributed by atoms with E-state index in [-0.39, 0.29) is 0 Å². The maximum atomic E-state index is 4.64. The maximum Gasteiger partial charge on any atom is 0.0481 e. The summed E-state index contributed by atoms with van der Waals surface area (Å²) in [4.78, 5) is 4.64. The summed E-state index contributed by atoms with van der Waals surface area (Å²) < 4.78 is 0. The Morgan fingerprint density at radius 2 is 2.41 bits per heavy atom. The van der Waals surface area contributed by atoms with Crippen LogP contribution in [-0.2, 0) is 6.42 Å². The average molecular weight is 232 g/mol. The number of hydrogen-bond donors (Lipinski definition) is 1. The highest BCUT2D eigenvalue weighted by Crippen LogP contribution is 2.33. The number of fused-ring (bicyclic) bond motifs is 1. The molecule has 1 heterocycles. The third-order valence-electron chi connectivity index (χ3n) is 3.96. The number of aromatic nitrogens is 1. The molecule has 1 aromatic heterocycles. The normalized spacial score (nSPS) is 20.9. The van der Waals surface area contributed by atoms with Gasteiger partial charge in [-0.15, -0.1) is 0 Å². The van der Waals surface area contributed by atoms with Crippen LogP contribution in [0.15, 0.2) is 18.3 Å². The third kappa shape index (κ3) is 2.86. The van der Waals surface area contributed by atoms with Gasteiger partial charge in [0.25, 0.3) is 0 Å². The molecule has 2 atom stereocenters. The van der Waals surface area contributed by atoms with Crippen molar-refractivity contribution in [3.05, 3.63) is 29.6 Å². The molecule has 0 amide bonds. The van der Waals surface area contributed by atoms with Crippen LogP contribution in [0.1, 0.15) is 56.2 Å². The van der Waals surface area contributed by atoms with E-state index >= 15 is 0 Å². The first kappa shape index (κ1) is 12.6. The number of pyridine rings is 1. The number of hydrogen-bond acceptors (Lipinski definition) is 2. The molecule has 0 radical (unpaired) electrons. The Bertz CT molecular complexity index is 349. The highest BCUT2D eigenvalue weighted by atomic mass is 14.9. The predicted molar refractivity (Wildman–Crippen MR) is 72.3 cm³/mol. The van der Waals surface area contributed by atoms with Crippen LogP contribution in [0.2, 0.25) is 0 Å². The summed E-state index contributed by atoms with van der Waals surface area (Å²) in [6.45, 7) is 2.26. The van der Waals surface area contributed by atoms with Crippen molar-refractivity contribution in [1.29, 1.82) is 0 Å². The number of likely N-dealkylation sites (N-methyl/N-ethyl adjacent to an activating group) is 1. The second-order valence-corrected chi connectivity index (χ2v) is 5.08. The minimum absolute atomic E-state index is 0.601. The van der Waals surface area contributed by atoms with Crippen LogP contribution >= 0.6 is 0 Å². The van der Waals surface area contributed by atoms with Gasteiger partial charge in [-0.2, -0.15) is 0 Å². The summed E-state index contributed by atoms with van der Waals surface area (Å²) >= 11 is 0. The number of rotatable bonds is 5. The Balaban J connectivity index is 2.15. The first-order chi connectivity index (χ1) is 8.36. The van der Waals surface area contributed by atoms with Crippen molar-refractivity contribution in [2.45, 2.75) is 57.4 Å². The molecule has 1 N–H and O–H groups in total. The lowest BCUT2D eigenvalue weighted by atomic mass is 9.80. The van der Waals surface area contributed by atoms with Gasteiger partial charge in [0.2, 0.25) is 0 Å². The smallest absolute Gasteiger partial charge is 0.0481 e. The van der Waals surface area contributed by atoms with Crippen LogP contribution in [0.3, 0.4) is 0 Å². The van der Waals surface area contributed by atoms with E-state index < -0.39 is 0 Å². The molecule has 0 saturated heterocycles. The first-order valence-corrected chi connectivity index (χ1v) is 6.97. The van der Waals surface area contributed by atoms with Crippen molar-refractivity contribution >= 4 is 0 Å². The van der Waals surface area contributed by atoms with Crippen LogP contribution in [-0.4, -0.2) is 18.1 Å². The second kappa shape index (κ2) is 6.15. The van der Waals surface area contributed by atoms with E-state index in [9.17, 15) is 0 Å². The van der Waals surface area contributed by atoms with Crippen molar-refractivity contribution in [2.24, 2.45) is 0 Å². The molecule has 2 heteroatoms. The van der Waals surface area contributed by atoms with E-state index in [2.05, 4.69) is 36.4 Å². The second-order valence-electron chi connectivity index (χ2n) is 5.08. The Kier molecular flexibility index (Phi) is 4.55. The minimum Gasteiger partial charge on any atom is -0.316 e. The zero-order valence-electron chi connectivity index (χ0n) is 11.1. The van der Waals surface area contributed by atoms with Gasteiger partial charge in [-0.05, 0) is 44.4 Å². The van der Waals surface area contributed by atoms with Crippen molar-refractivity contribution < 1.29 is 0 Å². The molecule has 2 rings (SSSR count). The molecule has 2 unspecified atom stereocenters. The minimum atomic E-state index is 0.601. The molecule has 0 spiro atoms. The van der Waals surface area contributed by atoms with Crippen molar-refractivity contribution in [3.8, 4) is 0 Å². The largest absolute Gasteiger partial charge is 0.316 e. The molecule has 0 fully saturated rings. The topological polar surface area (TPSA) is 24.9 Å². The zero-order valence-corrected chi connectivity index (χ0v) is 11.1. The fraction of sp³-hybridized carbons (Fsp3) is 0.667. The molecular formula is C15H24N2. The number of nitrogens with one attached hydrogen (secondary N) is 1. The Morgan fingerprint density at radius 3 is 3.18 bits per heavy atom. The summed E-state index contributed by atoms with van der Waals surface area (Å²) in [5.41, 5.74) is 2.83. The molecule has 1 aliphatic carbocycles. The Labute approximate surface area is 105 Å². The van der Waals surface area contributed by atoms with Crippen LogP contribution in [0.4, 0.5) is 0 Å². The van der Waals surface area contributed by atoms with Crippen molar-refractivity contribution in [1.82, 2.24) is 10.3 Å². The van der Waals surface area contributed by atoms with E-state index in [1.807, 2.05) is 6.20 Å². The van der Waals surface area contributed by atoms with Gasteiger partial charge in [0, 0.05) is 23.9 Å². The van der Waals surface area contributed by atoms with Crippen molar-refractivity contribution in [2.75, 3.05) is 7.05 Å². The molecule has 0 aromatic carbocycles. The van der Waals surface area contributed by atoms with E-state index in [0.717, 1.165) is 0 Å². The van der Waals surface area contributed by atoms with Gasteiger partial charge >= 0.3 is 0 Å². The van der Waals surface area contributed by atoms with Gasteiger partial charge in [0.15, 0.2) is 0 Å². The predicted octanol–water partition coefficient (Wildman–Crippen LogP) is 3.28. The molecule has 2 nitrogen and oxygen atoms in total. The first-order valence-electron chi connectivity index (χ1n) is 6.97. The Hall–Kier alpha value is -0.890. The van der Waals surface area contributed by atoms with Crippen LogP contribution in [0, 0.1) is 0 Å². The molecule has 1 aromatic rings. The number of aryl methyl sites for hydroxylation is 1. The standard InChI is InChI=1S/C15H24N2/c1-3-4-10-14(16-2)13-9-5-7-12-8-6-11-17-15(12)13/h6,8,11,13-14,16H,3-5,7,9-10H2,1-2H3. The molecular weight excluding hydrogens is 208 g/mol. The van der Waals surface area contributed by atoms with Crippen LogP contribution in [0.5, 0.6) is 0 Å². The summed E-state index contributed by atoms with van der Waals surface area (Å²) in [6.07, 6.45) is 9.62. The summed E-state index contributed by atoms with van der Waals surface area (Å²) in [5.74, 6) is 0.622. The average Bonchev–Trinajstić information content (AvgIpc) is 2.40. The number of unbranched alkanes of at least 4 members (excludes halogenated alkanes) is 1. The summed E-state index contributed by atoms with van der Waals surface area (Å²) in [7, 11) is 2.09. The summed E-state index contributed by atoms with van der Waals surface area (Å²) in [6, 6.07) is 4.92. The maximum absolute atomic E-state index is 4.64. The lowest BCUT2D eigenvalue weighted by Gasteiger charge is -2.31. The number of nitrogens with zero attached hydrogens (tertiary/aromatic N) is 1. The highest BCUT2D eigenvalue weighted by molar-refractivity contribution is 5.27. The molecule has 1 aliphatic rings. The molecule has 94 valence electrons. The molecule has 17 heavy (non-hydrogen) atoms. The fourth-order valence-electron chi connectivity index (χ4n) is 3.01. The van der Waals surface area contributed by atoms with Gasteiger partial charge in [-0.1, -0.05) is 25.8 Å². The Morgan fingerprint density at radius 1 is 1.53 bits per heavy atom. The van der Waals surface area contributed by atoms with Crippen LogP contribution in [0.25, 0.3) is 0 Å². The zero-order chi connectivity index (χ0) is 12.1. The quantitative estimate of drug-likeness (QED) is 0.842. The lowest BCUT2D eigenvalue weighted by molar-refractivity contribution is 0.378. The molecule has 0 aliphatic heterocycles. The van der Waals surface area contributed by atoms with Gasteiger partial charge in [0.1, 0.15) is 0 Å². The van der Waals surface area contributed by atoms with E-state index in [0.29, 0.717) is 12.0 Å². The molecule has 0 bridgehead atoms. The van der Waals surface area contributed by atoms with E-state index in [4.69, 9.17) is 0 Å². The van der Waals surface area contributed by atoms with Gasteiger partial charge in [-0.25, -0.2) is 0 Å². The van der Waals surface area contributed by atoms with Gasteiger partial charge < -0.3 is 5.32 Å². The van der Waals surface area contributed by atoms with E-state index in [1.165, 1.54) is 49.8 Å². The fourth-order valence-corrected chi connectivity index (χ4v) is 3.01. The molecule has 0 saturated carbocycles. The van der Waals surface area contributed by atoms with Gasteiger partial charge in [0.05, 0.1) is 0 Å². The highest BCUT2D eigenvalue weighted by Gasteiger charge is 2.27.